The molecular formula is C13H25N3O2. The van der Waals surface area contributed by atoms with Crippen LogP contribution in [0.4, 0.5) is 4.79 Å². The minimum absolute atomic E-state index is 0.0241. The molecule has 2 aliphatic rings. The summed E-state index contributed by atoms with van der Waals surface area (Å²) < 4.78 is 0. The Morgan fingerprint density at radius 2 is 2.22 bits per heavy atom. The highest BCUT2D eigenvalue weighted by atomic mass is 16.3. The molecule has 0 radical (unpaired) electrons. The first kappa shape index (κ1) is 13.6. The largest absolute Gasteiger partial charge is 0.395 e. The molecule has 5 heteroatoms. The Kier molecular flexibility index (Phi) is 4.83. The number of fused-ring (bicyclic) bond motifs is 1. The van der Waals surface area contributed by atoms with E-state index >= 15 is 0 Å². The fraction of sp³-hybridized carbons (Fsp3) is 0.923. The molecule has 2 heterocycles. The van der Waals surface area contributed by atoms with Gasteiger partial charge in [-0.15, -0.1) is 0 Å². The lowest BCUT2D eigenvalue weighted by atomic mass is 9.99. The van der Waals surface area contributed by atoms with Gasteiger partial charge in [-0.2, -0.15) is 0 Å². The van der Waals surface area contributed by atoms with Crippen LogP contribution < -0.4 is 5.32 Å². The highest BCUT2D eigenvalue weighted by molar-refractivity contribution is 5.74. The number of rotatable bonds is 4. The van der Waals surface area contributed by atoms with E-state index < -0.39 is 0 Å². The third-order valence-electron chi connectivity index (χ3n) is 4.20. The molecule has 104 valence electrons. The molecule has 2 aliphatic heterocycles. The van der Waals surface area contributed by atoms with Gasteiger partial charge in [0.15, 0.2) is 0 Å². The van der Waals surface area contributed by atoms with Gasteiger partial charge in [-0.25, -0.2) is 4.79 Å². The van der Waals surface area contributed by atoms with E-state index in [0.29, 0.717) is 25.2 Å². The molecule has 0 aromatic heterocycles. The first-order chi connectivity index (χ1) is 8.76. The lowest BCUT2D eigenvalue weighted by Crippen LogP contribution is -2.51. The van der Waals surface area contributed by atoms with Gasteiger partial charge in [0.2, 0.25) is 0 Å². The molecular weight excluding hydrogens is 230 g/mol. The molecule has 0 saturated carbocycles. The maximum atomic E-state index is 12.1. The van der Waals surface area contributed by atoms with Gasteiger partial charge >= 0.3 is 6.03 Å². The molecule has 2 fully saturated rings. The molecule has 2 unspecified atom stereocenters. The van der Waals surface area contributed by atoms with Gasteiger partial charge in [0, 0.05) is 31.7 Å². The predicted molar refractivity (Wildman–Crippen MR) is 70.5 cm³/mol. The maximum Gasteiger partial charge on any atom is 0.317 e. The maximum absolute atomic E-state index is 12.1. The van der Waals surface area contributed by atoms with Crippen LogP contribution in [-0.4, -0.2) is 65.8 Å². The van der Waals surface area contributed by atoms with Crippen molar-refractivity contribution in [1.29, 1.82) is 0 Å². The number of likely N-dealkylation sites (N-methyl/N-ethyl adjacent to an activating group) is 1. The van der Waals surface area contributed by atoms with E-state index in [1.165, 1.54) is 25.8 Å². The van der Waals surface area contributed by atoms with Gasteiger partial charge in [-0.05, 0) is 32.7 Å². The quantitative estimate of drug-likeness (QED) is 0.775. The second kappa shape index (κ2) is 6.38. The van der Waals surface area contributed by atoms with Gasteiger partial charge in [0.1, 0.15) is 0 Å². The number of carbonyl (C=O) groups is 1. The van der Waals surface area contributed by atoms with Crippen molar-refractivity contribution in [3.63, 3.8) is 0 Å². The average molecular weight is 255 g/mol. The summed E-state index contributed by atoms with van der Waals surface area (Å²) in [5.41, 5.74) is 0. The first-order valence-electron chi connectivity index (χ1n) is 7.16. The fourth-order valence-corrected chi connectivity index (χ4v) is 3.19. The van der Waals surface area contributed by atoms with E-state index in [1.54, 1.807) is 4.90 Å². The van der Waals surface area contributed by atoms with Crippen molar-refractivity contribution < 1.29 is 9.90 Å². The molecule has 2 N–H and O–H groups in total. The van der Waals surface area contributed by atoms with E-state index in [4.69, 9.17) is 5.11 Å². The summed E-state index contributed by atoms with van der Waals surface area (Å²) in [4.78, 5) is 16.3. The number of piperidine rings is 1. The van der Waals surface area contributed by atoms with Crippen LogP contribution in [0, 0.1) is 0 Å². The Bertz CT molecular complexity index is 285. The fourth-order valence-electron chi connectivity index (χ4n) is 3.19. The van der Waals surface area contributed by atoms with Crippen LogP contribution >= 0.6 is 0 Å². The Labute approximate surface area is 109 Å². The third-order valence-corrected chi connectivity index (χ3v) is 4.20. The van der Waals surface area contributed by atoms with Crippen molar-refractivity contribution in [3.8, 4) is 0 Å². The van der Waals surface area contributed by atoms with Crippen LogP contribution in [0.25, 0.3) is 0 Å². The third kappa shape index (κ3) is 2.95. The van der Waals surface area contributed by atoms with Crippen molar-refractivity contribution in [3.05, 3.63) is 0 Å². The van der Waals surface area contributed by atoms with Crippen molar-refractivity contribution in [1.82, 2.24) is 15.1 Å². The van der Waals surface area contributed by atoms with Crippen LogP contribution in [0.2, 0.25) is 0 Å². The molecule has 18 heavy (non-hydrogen) atoms. The second-order valence-electron chi connectivity index (χ2n) is 5.25. The monoisotopic (exact) mass is 255 g/mol. The minimum Gasteiger partial charge on any atom is -0.395 e. The lowest BCUT2D eigenvalue weighted by Gasteiger charge is -2.33. The highest BCUT2D eigenvalue weighted by Crippen LogP contribution is 2.27. The van der Waals surface area contributed by atoms with E-state index in [9.17, 15) is 4.79 Å². The predicted octanol–water partition coefficient (Wildman–Crippen LogP) is 0.637. The molecule has 2 saturated heterocycles. The Morgan fingerprint density at radius 1 is 1.39 bits per heavy atom. The van der Waals surface area contributed by atoms with Crippen molar-refractivity contribution in [2.45, 2.75) is 44.7 Å². The summed E-state index contributed by atoms with van der Waals surface area (Å²) in [6.45, 7) is 5.34. The zero-order chi connectivity index (χ0) is 13.0. The van der Waals surface area contributed by atoms with E-state index in [0.717, 1.165) is 13.0 Å². The van der Waals surface area contributed by atoms with Gasteiger partial charge in [-0.1, -0.05) is 6.42 Å². The average Bonchev–Trinajstić information content (AvgIpc) is 2.79. The molecule has 2 rings (SSSR count). The summed E-state index contributed by atoms with van der Waals surface area (Å²) in [6.07, 6.45) is 4.84. The molecule has 0 aromatic rings. The van der Waals surface area contributed by atoms with Crippen molar-refractivity contribution in [2.75, 3.05) is 32.8 Å². The molecule has 0 aromatic carbocycles. The van der Waals surface area contributed by atoms with Crippen molar-refractivity contribution >= 4 is 6.03 Å². The summed E-state index contributed by atoms with van der Waals surface area (Å²) >= 11 is 0. The number of aliphatic hydroxyl groups excluding tert-OH is 1. The molecule has 0 bridgehead atoms. The van der Waals surface area contributed by atoms with Gasteiger partial charge in [0.25, 0.3) is 0 Å². The number of nitrogens with one attached hydrogen (secondary N) is 1. The van der Waals surface area contributed by atoms with Gasteiger partial charge in [-0.3, -0.25) is 4.90 Å². The second-order valence-corrected chi connectivity index (χ2v) is 5.25. The van der Waals surface area contributed by atoms with E-state index in [2.05, 4.69) is 10.2 Å². The normalized spacial score (nSPS) is 27.9. The summed E-state index contributed by atoms with van der Waals surface area (Å²) in [6, 6.07) is 0.810. The Balaban J connectivity index is 1.87. The number of aliphatic hydroxyl groups is 1. The summed E-state index contributed by atoms with van der Waals surface area (Å²) in [5.74, 6) is 0. The number of amides is 2. The van der Waals surface area contributed by atoms with Crippen LogP contribution in [-0.2, 0) is 0 Å². The van der Waals surface area contributed by atoms with Crippen LogP contribution in [0.15, 0.2) is 0 Å². The van der Waals surface area contributed by atoms with E-state index in [1.807, 2.05) is 6.92 Å². The van der Waals surface area contributed by atoms with E-state index in [-0.39, 0.29) is 12.6 Å². The molecule has 2 atom stereocenters. The number of hydrogen-bond acceptors (Lipinski definition) is 3. The van der Waals surface area contributed by atoms with Gasteiger partial charge < -0.3 is 15.3 Å². The molecule has 0 spiro atoms. The van der Waals surface area contributed by atoms with Crippen LogP contribution in [0.3, 0.4) is 0 Å². The zero-order valence-corrected chi connectivity index (χ0v) is 11.3. The Morgan fingerprint density at radius 3 is 2.94 bits per heavy atom. The number of carbonyl (C=O) groups excluding carboxylic acids is 1. The zero-order valence-electron chi connectivity index (χ0n) is 11.3. The van der Waals surface area contributed by atoms with Crippen molar-refractivity contribution in [2.24, 2.45) is 0 Å². The minimum atomic E-state index is -0.0241. The summed E-state index contributed by atoms with van der Waals surface area (Å²) in [7, 11) is 0. The first-order valence-corrected chi connectivity index (χ1v) is 7.16. The summed E-state index contributed by atoms with van der Waals surface area (Å²) in [5, 5.41) is 12.1. The number of nitrogens with zero attached hydrogens (tertiary/aromatic N) is 2. The molecule has 5 nitrogen and oxygen atoms in total. The SMILES string of the molecule is CCN(CCO)C(=O)NC1CCN2CCCCC12. The Hall–Kier alpha value is -0.810. The number of hydrogen-bond donors (Lipinski definition) is 2. The smallest absolute Gasteiger partial charge is 0.317 e. The van der Waals surface area contributed by atoms with Crippen LogP contribution in [0.1, 0.15) is 32.6 Å². The standard InChI is InChI=1S/C13H25N3O2/c1-2-15(9-10-17)13(18)14-11-6-8-16-7-4-3-5-12(11)16/h11-12,17H,2-10H2,1H3,(H,14,18). The molecule has 0 aliphatic carbocycles. The lowest BCUT2D eigenvalue weighted by molar-refractivity contribution is 0.160. The topological polar surface area (TPSA) is 55.8 Å². The molecule has 2 amide bonds. The van der Waals surface area contributed by atoms with Crippen LogP contribution in [0.5, 0.6) is 0 Å². The van der Waals surface area contributed by atoms with Gasteiger partial charge in [0.05, 0.1) is 6.61 Å². The highest BCUT2D eigenvalue weighted by Gasteiger charge is 2.36. The number of urea groups is 1.